The molecule has 3 N–H and O–H groups in total. The van der Waals surface area contributed by atoms with Crippen LogP contribution in [0.1, 0.15) is 11.1 Å². The van der Waals surface area contributed by atoms with E-state index in [-0.39, 0.29) is 11.9 Å². The molecule has 0 amide bonds. The number of hydrogen-bond acceptors (Lipinski definition) is 3. The van der Waals surface area contributed by atoms with Crippen molar-refractivity contribution in [2.24, 2.45) is 5.84 Å². The summed E-state index contributed by atoms with van der Waals surface area (Å²) in [7, 11) is 0. The molecular weight excluding hydrogens is 271 g/mol. The van der Waals surface area contributed by atoms with Crippen LogP contribution in [0.5, 0.6) is 0 Å². The van der Waals surface area contributed by atoms with E-state index in [0.717, 1.165) is 17.7 Å². The molecule has 106 valence electrons. The normalized spacial score (nSPS) is 12.3. The Morgan fingerprint density at radius 1 is 1.10 bits per heavy atom. The van der Waals surface area contributed by atoms with Crippen molar-refractivity contribution in [3.8, 4) is 0 Å². The van der Waals surface area contributed by atoms with E-state index in [2.05, 4.69) is 36.6 Å². The van der Waals surface area contributed by atoms with Gasteiger partial charge in [0.25, 0.3) is 0 Å². The van der Waals surface area contributed by atoms with E-state index in [1.807, 2.05) is 0 Å². The number of benzene rings is 2. The van der Waals surface area contributed by atoms with Gasteiger partial charge in [0.1, 0.15) is 5.82 Å². The number of nitrogens with one attached hydrogen (secondary N) is 1. The Labute approximate surface area is 123 Å². The Bertz CT molecular complexity index is 525. The smallest absolute Gasteiger partial charge is 0.123 e. The highest BCUT2D eigenvalue weighted by Gasteiger charge is 2.08. The zero-order chi connectivity index (χ0) is 14.4. The molecule has 0 radical (unpaired) electrons. The lowest BCUT2D eigenvalue weighted by Crippen LogP contribution is -2.38. The minimum Gasteiger partial charge on any atom is -0.271 e. The Kier molecular flexibility index (Phi) is 5.59. The predicted octanol–water partition coefficient (Wildman–Crippen LogP) is 3.30. The molecule has 0 heterocycles. The van der Waals surface area contributed by atoms with E-state index in [1.54, 1.807) is 23.9 Å². The van der Waals surface area contributed by atoms with Crippen LogP contribution in [-0.4, -0.2) is 11.8 Å². The van der Waals surface area contributed by atoms with Gasteiger partial charge < -0.3 is 0 Å². The van der Waals surface area contributed by atoms with Gasteiger partial charge in [-0.15, -0.1) is 11.8 Å². The number of rotatable bonds is 6. The molecule has 0 aromatic heterocycles. The average molecular weight is 290 g/mol. The zero-order valence-corrected chi connectivity index (χ0v) is 12.3. The van der Waals surface area contributed by atoms with E-state index in [0.29, 0.717) is 0 Å². The van der Waals surface area contributed by atoms with Crippen LogP contribution in [0.3, 0.4) is 0 Å². The van der Waals surface area contributed by atoms with Crippen molar-refractivity contribution in [2.75, 3.05) is 5.75 Å². The molecule has 20 heavy (non-hydrogen) atoms. The van der Waals surface area contributed by atoms with Crippen molar-refractivity contribution in [2.45, 2.75) is 24.3 Å². The van der Waals surface area contributed by atoms with Gasteiger partial charge in [-0.2, -0.15) is 0 Å². The lowest BCUT2D eigenvalue weighted by atomic mass is 10.1. The average Bonchev–Trinajstić information content (AvgIpc) is 2.47. The fraction of sp³-hybridized carbons (Fsp3) is 0.250. The summed E-state index contributed by atoms with van der Waals surface area (Å²) in [5, 5.41) is 0. The van der Waals surface area contributed by atoms with E-state index >= 15 is 0 Å². The number of nitrogens with two attached hydrogens (primary N) is 1. The summed E-state index contributed by atoms with van der Waals surface area (Å²) < 4.78 is 12.9. The Morgan fingerprint density at radius 3 is 2.35 bits per heavy atom. The van der Waals surface area contributed by atoms with Gasteiger partial charge >= 0.3 is 0 Å². The van der Waals surface area contributed by atoms with Crippen LogP contribution in [-0.2, 0) is 6.42 Å². The summed E-state index contributed by atoms with van der Waals surface area (Å²) in [4.78, 5) is 1.23. The van der Waals surface area contributed by atoms with Crippen molar-refractivity contribution < 1.29 is 4.39 Å². The van der Waals surface area contributed by atoms with Gasteiger partial charge in [0.05, 0.1) is 0 Å². The highest BCUT2D eigenvalue weighted by Crippen LogP contribution is 2.20. The zero-order valence-electron chi connectivity index (χ0n) is 11.5. The van der Waals surface area contributed by atoms with Crippen LogP contribution < -0.4 is 11.3 Å². The first-order valence-corrected chi connectivity index (χ1v) is 7.56. The largest absolute Gasteiger partial charge is 0.271 e. The quantitative estimate of drug-likeness (QED) is 0.487. The van der Waals surface area contributed by atoms with E-state index in [9.17, 15) is 4.39 Å². The molecule has 0 aliphatic rings. The predicted molar refractivity (Wildman–Crippen MR) is 83.1 cm³/mol. The second-order valence-electron chi connectivity index (χ2n) is 4.82. The molecule has 4 heteroatoms. The molecule has 2 rings (SSSR count). The van der Waals surface area contributed by atoms with Crippen LogP contribution >= 0.6 is 11.8 Å². The SMILES string of the molecule is Cc1ccc(SCC(Cc2ccc(F)cc2)NN)cc1. The topological polar surface area (TPSA) is 38.0 Å². The van der Waals surface area contributed by atoms with Crippen molar-refractivity contribution in [1.82, 2.24) is 5.43 Å². The third-order valence-corrected chi connectivity index (χ3v) is 4.28. The minimum absolute atomic E-state index is 0.159. The van der Waals surface area contributed by atoms with Gasteiger partial charge in [-0.05, 0) is 43.2 Å². The minimum atomic E-state index is -0.208. The van der Waals surface area contributed by atoms with Gasteiger partial charge in [-0.3, -0.25) is 11.3 Å². The maximum absolute atomic E-state index is 12.9. The fourth-order valence-electron chi connectivity index (χ4n) is 1.90. The van der Waals surface area contributed by atoms with Crippen molar-refractivity contribution >= 4 is 11.8 Å². The molecule has 1 unspecified atom stereocenters. The molecule has 0 saturated heterocycles. The van der Waals surface area contributed by atoms with E-state index in [1.165, 1.54) is 22.6 Å². The lowest BCUT2D eigenvalue weighted by Gasteiger charge is -2.15. The van der Waals surface area contributed by atoms with Crippen LogP contribution in [0.15, 0.2) is 53.4 Å². The summed E-state index contributed by atoms with van der Waals surface area (Å²) in [5.41, 5.74) is 5.17. The second-order valence-corrected chi connectivity index (χ2v) is 5.91. The Morgan fingerprint density at radius 2 is 1.75 bits per heavy atom. The first-order chi connectivity index (χ1) is 9.67. The van der Waals surface area contributed by atoms with Crippen LogP contribution in [0.2, 0.25) is 0 Å². The van der Waals surface area contributed by atoms with E-state index in [4.69, 9.17) is 5.84 Å². The van der Waals surface area contributed by atoms with Crippen molar-refractivity contribution in [1.29, 1.82) is 0 Å². The molecule has 2 aromatic rings. The molecule has 0 bridgehead atoms. The molecule has 0 aliphatic heterocycles. The Balaban J connectivity index is 1.88. The summed E-state index contributed by atoms with van der Waals surface area (Å²) in [6, 6.07) is 15.2. The number of hydrazine groups is 1. The van der Waals surface area contributed by atoms with Crippen molar-refractivity contribution in [3.63, 3.8) is 0 Å². The van der Waals surface area contributed by atoms with E-state index < -0.39 is 0 Å². The van der Waals surface area contributed by atoms with Crippen LogP contribution in [0.4, 0.5) is 4.39 Å². The molecule has 0 saturated carbocycles. The second kappa shape index (κ2) is 7.43. The molecule has 2 aromatic carbocycles. The molecular formula is C16H19FN2S. The first kappa shape index (κ1) is 15.0. The maximum Gasteiger partial charge on any atom is 0.123 e. The molecule has 0 fully saturated rings. The monoisotopic (exact) mass is 290 g/mol. The van der Waals surface area contributed by atoms with Gasteiger partial charge in [-0.25, -0.2) is 4.39 Å². The summed E-state index contributed by atoms with van der Waals surface area (Å²) in [6.45, 7) is 2.08. The molecule has 0 aliphatic carbocycles. The van der Waals surface area contributed by atoms with Gasteiger partial charge in [0.2, 0.25) is 0 Å². The summed E-state index contributed by atoms with van der Waals surface area (Å²) >= 11 is 1.77. The summed E-state index contributed by atoms with van der Waals surface area (Å²) in [5.74, 6) is 6.27. The Hall–Kier alpha value is -1.36. The fourth-order valence-corrected chi connectivity index (χ4v) is 2.84. The standard InChI is InChI=1S/C16H19FN2S/c1-12-2-8-16(9-3-12)20-11-15(19-18)10-13-4-6-14(17)7-5-13/h2-9,15,19H,10-11,18H2,1H3. The first-order valence-electron chi connectivity index (χ1n) is 6.57. The number of thioether (sulfide) groups is 1. The maximum atomic E-state index is 12.9. The van der Waals surface area contributed by atoms with Crippen LogP contribution in [0.25, 0.3) is 0 Å². The lowest BCUT2D eigenvalue weighted by molar-refractivity contribution is 0.573. The molecule has 2 nitrogen and oxygen atoms in total. The van der Waals surface area contributed by atoms with Crippen LogP contribution in [0, 0.1) is 12.7 Å². The van der Waals surface area contributed by atoms with Gasteiger partial charge in [0, 0.05) is 16.7 Å². The molecule has 1 atom stereocenters. The van der Waals surface area contributed by atoms with Crippen molar-refractivity contribution in [3.05, 3.63) is 65.5 Å². The highest BCUT2D eigenvalue weighted by molar-refractivity contribution is 7.99. The number of aryl methyl sites for hydroxylation is 1. The van der Waals surface area contributed by atoms with Gasteiger partial charge in [0.15, 0.2) is 0 Å². The third kappa shape index (κ3) is 4.63. The van der Waals surface area contributed by atoms with Gasteiger partial charge in [-0.1, -0.05) is 29.8 Å². The molecule has 0 spiro atoms. The third-order valence-electron chi connectivity index (χ3n) is 3.10. The number of halogens is 1. The highest BCUT2D eigenvalue weighted by atomic mass is 32.2. The summed E-state index contributed by atoms with van der Waals surface area (Å²) in [6.07, 6.45) is 0.787. The number of hydrogen-bond donors (Lipinski definition) is 2.